The first-order valence-corrected chi connectivity index (χ1v) is 10.8. The maximum absolute atomic E-state index is 12.5. The van der Waals surface area contributed by atoms with Crippen LogP contribution in [0.25, 0.3) is 0 Å². The summed E-state index contributed by atoms with van der Waals surface area (Å²) >= 11 is 0. The van der Waals surface area contributed by atoms with Gasteiger partial charge in [-0.25, -0.2) is 0 Å². The van der Waals surface area contributed by atoms with E-state index in [1.54, 1.807) is 0 Å². The Bertz CT molecular complexity index is 743. The van der Waals surface area contributed by atoms with Crippen molar-refractivity contribution in [3.05, 3.63) is 29.6 Å². The first-order chi connectivity index (χ1) is 12.8. The van der Waals surface area contributed by atoms with Gasteiger partial charge < -0.3 is 10.0 Å². The lowest BCUT2D eigenvalue weighted by Gasteiger charge is -2.55. The molecular weight excluding hydrogens is 336 g/mol. The number of carbonyl (C=O) groups excluding carboxylic acids is 1. The van der Waals surface area contributed by atoms with Crippen LogP contribution in [0, 0.1) is 11.3 Å². The molecule has 0 unspecified atom stereocenters. The number of nitrogens with zero attached hydrogens (tertiary/aromatic N) is 2. The smallest absolute Gasteiger partial charge is 0.225 e. The lowest BCUT2D eigenvalue weighted by Crippen LogP contribution is -2.62. The van der Waals surface area contributed by atoms with Crippen LogP contribution in [0.4, 0.5) is 0 Å². The maximum atomic E-state index is 12.5. The van der Waals surface area contributed by atoms with E-state index < -0.39 is 5.60 Å². The predicted octanol–water partition coefficient (Wildman–Crippen LogP) is 3.78. The standard InChI is InChI=1S/C23H32N2O2/c1-21(10-11-21)19-5-3-4-18(24-19)16-6-8-23(9-7-16)14-25(15-23)20(26)17-12-22(2,27)13-17/h3-5,16-17,27H,6-15H2,1-2H3/t17-,22+. The molecule has 1 spiro atoms. The van der Waals surface area contributed by atoms with Gasteiger partial charge in [0.2, 0.25) is 5.91 Å². The van der Waals surface area contributed by atoms with E-state index in [4.69, 9.17) is 4.98 Å². The van der Waals surface area contributed by atoms with Crippen molar-refractivity contribution in [1.29, 1.82) is 0 Å². The molecule has 1 aromatic rings. The number of carbonyl (C=O) groups is 1. The molecule has 3 saturated carbocycles. The molecule has 0 atom stereocenters. The summed E-state index contributed by atoms with van der Waals surface area (Å²) in [5, 5.41) is 9.88. The number of likely N-dealkylation sites (tertiary alicyclic amines) is 1. The molecule has 27 heavy (non-hydrogen) atoms. The van der Waals surface area contributed by atoms with Gasteiger partial charge in [0, 0.05) is 47.1 Å². The number of amides is 1. The molecule has 1 aliphatic heterocycles. The van der Waals surface area contributed by atoms with Gasteiger partial charge in [-0.05, 0) is 70.4 Å². The summed E-state index contributed by atoms with van der Waals surface area (Å²) in [7, 11) is 0. The molecule has 1 amide bonds. The van der Waals surface area contributed by atoms with Crippen molar-refractivity contribution in [3.63, 3.8) is 0 Å². The van der Waals surface area contributed by atoms with Crippen LogP contribution in [0.2, 0.25) is 0 Å². The molecule has 146 valence electrons. The molecule has 5 rings (SSSR count). The molecule has 1 saturated heterocycles. The predicted molar refractivity (Wildman–Crippen MR) is 104 cm³/mol. The van der Waals surface area contributed by atoms with Crippen LogP contribution in [0.5, 0.6) is 0 Å². The second-order valence-electron chi connectivity index (χ2n) is 10.6. The number of rotatable bonds is 3. The van der Waals surface area contributed by atoms with Crippen molar-refractivity contribution in [2.75, 3.05) is 13.1 Å². The van der Waals surface area contributed by atoms with Crippen molar-refractivity contribution in [2.45, 2.75) is 82.1 Å². The van der Waals surface area contributed by atoms with Crippen molar-refractivity contribution < 1.29 is 9.90 Å². The topological polar surface area (TPSA) is 53.4 Å². The summed E-state index contributed by atoms with van der Waals surface area (Å²) in [5.74, 6) is 0.926. The summed E-state index contributed by atoms with van der Waals surface area (Å²) < 4.78 is 0. The SMILES string of the molecule is CC1(c2cccc(C3CCC4(CC3)CN(C(=O)[C@H]3C[C@@](C)(O)C3)C4)n2)CC1. The third kappa shape index (κ3) is 3.10. The number of hydrogen-bond acceptors (Lipinski definition) is 3. The van der Waals surface area contributed by atoms with Crippen LogP contribution in [-0.4, -0.2) is 39.6 Å². The summed E-state index contributed by atoms with van der Waals surface area (Å²) in [4.78, 5) is 19.6. The third-order valence-electron chi connectivity index (χ3n) is 7.94. The Hall–Kier alpha value is -1.42. The van der Waals surface area contributed by atoms with E-state index in [0.29, 0.717) is 29.6 Å². The van der Waals surface area contributed by atoms with Gasteiger partial charge in [0.1, 0.15) is 0 Å². The van der Waals surface area contributed by atoms with Gasteiger partial charge in [-0.3, -0.25) is 9.78 Å². The minimum absolute atomic E-state index is 0.0596. The fraction of sp³-hybridized carbons (Fsp3) is 0.739. The van der Waals surface area contributed by atoms with Gasteiger partial charge >= 0.3 is 0 Å². The Morgan fingerprint density at radius 1 is 1.11 bits per heavy atom. The second-order valence-corrected chi connectivity index (χ2v) is 10.6. The Morgan fingerprint density at radius 3 is 2.37 bits per heavy atom. The van der Waals surface area contributed by atoms with Crippen LogP contribution < -0.4 is 0 Å². The summed E-state index contributed by atoms with van der Waals surface area (Å²) in [6.45, 7) is 6.03. The van der Waals surface area contributed by atoms with E-state index in [-0.39, 0.29) is 11.8 Å². The van der Waals surface area contributed by atoms with E-state index in [1.807, 2.05) is 11.8 Å². The highest BCUT2D eigenvalue weighted by atomic mass is 16.3. The van der Waals surface area contributed by atoms with Crippen LogP contribution >= 0.6 is 0 Å². The lowest BCUT2D eigenvalue weighted by atomic mass is 9.64. The van der Waals surface area contributed by atoms with Crippen LogP contribution in [0.1, 0.15) is 82.5 Å². The van der Waals surface area contributed by atoms with E-state index in [1.165, 1.54) is 49.9 Å². The zero-order valence-corrected chi connectivity index (χ0v) is 16.7. The summed E-state index contributed by atoms with van der Waals surface area (Å²) in [6, 6.07) is 6.62. The summed E-state index contributed by atoms with van der Waals surface area (Å²) in [6.07, 6.45) is 8.66. The average molecular weight is 369 g/mol. The first-order valence-electron chi connectivity index (χ1n) is 10.8. The zero-order valence-electron chi connectivity index (χ0n) is 16.7. The fourth-order valence-corrected chi connectivity index (χ4v) is 5.65. The Morgan fingerprint density at radius 2 is 1.78 bits per heavy atom. The van der Waals surface area contributed by atoms with E-state index in [9.17, 15) is 9.90 Å². The van der Waals surface area contributed by atoms with Gasteiger partial charge in [0.25, 0.3) is 0 Å². The van der Waals surface area contributed by atoms with Crippen LogP contribution in [-0.2, 0) is 10.2 Å². The molecule has 3 aliphatic carbocycles. The second kappa shape index (κ2) is 5.79. The number of aromatic nitrogens is 1. The van der Waals surface area contributed by atoms with E-state index in [2.05, 4.69) is 25.1 Å². The van der Waals surface area contributed by atoms with E-state index in [0.717, 1.165) is 13.1 Å². The van der Waals surface area contributed by atoms with Crippen molar-refractivity contribution in [2.24, 2.45) is 11.3 Å². The number of hydrogen-bond donors (Lipinski definition) is 1. The van der Waals surface area contributed by atoms with Gasteiger partial charge in [-0.2, -0.15) is 0 Å². The molecular formula is C23H32N2O2. The molecule has 4 fully saturated rings. The highest BCUT2D eigenvalue weighted by Gasteiger charge is 2.51. The van der Waals surface area contributed by atoms with Crippen molar-refractivity contribution in [3.8, 4) is 0 Å². The molecule has 4 aliphatic rings. The Kier molecular flexibility index (Phi) is 3.79. The monoisotopic (exact) mass is 368 g/mol. The van der Waals surface area contributed by atoms with Crippen LogP contribution in [0.3, 0.4) is 0 Å². The molecule has 0 bridgehead atoms. The molecule has 4 heteroatoms. The molecule has 0 aromatic carbocycles. The molecule has 1 aromatic heterocycles. The average Bonchev–Trinajstić information content (AvgIpc) is 3.36. The van der Waals surface area contributed by atoms with Gasteiger partial charge in [0.05, 0.1) is 5.60 Å². The quantitative estimate of drug-likeness (QED) is 0.883. The Balaban J connectivity index is 1.16. The van der Waals surface area contributed by atoms with Crippen molar-refractivity contribution >= 4 is 5.91 Å². The normalized spacial score (nSPS) is 34.0. The van der Waals surface area contributed by atoms with Gasteiger partial charge in [-0.1, -0.05) is 13.0 Å². The highest BCUT2D eigenvalue weighted by molar-refractivity contribution is 5.81. The zero-order chi connectivity index (χ0) is 18.9. The lowest BCUT2D eigenvalue weighted by molar-refractivity contribution is -0.163. The molecule has 1 N–H and O–H groups in total. The van der Waals surface area contributed by atoms with Crippen molar-refractivity contribution in [1.82, 2.24) is 9.88 Å². The third-order valence-corrected chi connectivity index (χ3v) is 7.94. The van der Waals surface area contributed by atoms with Gasteiger partial charge in [-0.15, -0.1) is 0 Å². The minimum Gasteiger partial charge on any atom is -0.390 e. The Labute approximate surface area is 162 Å². The molecule has 0 radical (unpaired) electrons. The summed E-state index contributed by atoms with van der Waals surface area (Å²) in [5.41, 5.74) is 2.67. The maximum Gasteiger partial charge on any atom is 0.225 e. The first kappa shape index (κ1) is 17.7. The molecule has 2 heterocycles. The number of aliphatic hydroxyl groups is 1. The van der Waals surface area contributed by atoms with Crippen LogP contribution in [0.15, 0.2) is 18.2 Å². The fourth-order valence-electron chi connectivity index (χ4n) is 5.65. The minimum atomic E-state index is -0.611. The molecule has 4 nitrogen and oxygen atoms in total. The van der Waals surface area contributed by atoms with E-state index >= 15 is 0 Å². The number of pyridine rings is 1. The highest BCUT2D eigenvalue weighted by Crippen LogP contribution is 2.50. The van der Waals surface area contributed by atoms with Gasteiger partial charge in [0.15, 0.2) is 0 Å². The largest absolute Gasteiger partial charge is 0.390 e.